The molecule has 2 unspecified atom stereocenters. The van der Waals surface area contributed by atoms with Gasteiger partial charge in [0, 0.05) is 17.5 Å². The Bertz CT molecular complexity index is 1070. The van der Waals surface area contributed by atoms with Crippen LogP contribution in [0.5, 0.6) is 11.5 Å². The van der Waals surface area contributed by atoms with E-state index in [4.69, 9.17) is 0 Å². The SMILES string of the molecule is CCC1CCC(C(F)(F)Oc2ccc(-c3cc(F)c(OC(F)(F)F)c(F)c3)c(F)c2)C(F)=C1F. The van der Waals surface area contributed by atoms with Crippen LogP contribution in [-0.4, -0.2) is 12.5 Å². The molecule has 0 amide bonds. The molecule has 0 aromatic heterocycles. The molecule has 2 atom stereocenters. The first-order chi connectivity index (χ1) is 15.7. The summed E-state index contributed by atoms with van der Waals surface area (Å²) in [6, 6.07) is 2.67. The molecule has 0 aliphatic heterocycles. The third kappa shape index (κ3) is 5.41. The zero-order valence-electron chi connectivity index (χ0n) is 17.3. The third-order valence-electron chi connectivity index (χ3n) is 5.32. The van der Waals surface area contributed by atoms with Crippen LogP contribution in [0.25, 0.3) is 11.1 Å². The molecule has 186 valence electrons. The second-order valence-corrected chi connectivity index (χ2v) is 7.55. The summed E-state index contributed by atoms with van der Waals surface area (Å²) in [4.78, 5) is 0. The van der Waals surface area contributed by atoms with Crippen molar-refractivity contribution in [2.24, 2.45) is 11.8 Å². The van der Waals surface area contributed by atoms with Crippen molar-refractivity contribution in [3.63, 3.8) is 0 Å². The minimum Gasteiger partial charge on any atom is -0.432 e. The quantitative estimate of drug-likeness (QED) is 0.371. The van der Waals surface area contributed by atoms with Crippen LogP contribution in [0.4, 0.5) is 43.9 Å². The largest absolute Gasteiger partial charge is 0.573 e. The molecular weight excluding hydrogens is 486 g/mol. The molecule has 0 heterocycles. The van der Waals surface area contributed by atoms with Crippen molar-refractivity contribution in [1.29, 1.82) is 0 Å². The van der Waals surface area contributed by atoms with E-state index in [1.165, 1.54) is 0 Å². The summed E-state index contributed by atoms with van der Waals surface area (Å²) in [5.41, 5.74) is -1.12. The number of hydrogen-bond donors (Lipinski definition) is 0. The van der Waals surface area contributed by atoms with Gasteiger partial charge >= 0.3 is 12.5 Å². The van der Waals surface area contributed by atoms with Gasteiger partial charge in [0.2, 0.25) is 5.75 Å². The normalized spacial score (nSPS) is 19.4. The smallest absolute Gasteiger partial charge is 0.432 e. The van der Waals surface area contributed by atoms with E-state index in [9.17, 15) is 43.9 Å². The maximum Gasteiger partial charge on any atom is 0.573 e. The number of benzene rings is 2. The van der Waals surface area contributed by atoms with Crippen molar-refractivity contribution in [1.82, 2.24) is 0 Å². The molecule has 0 bridgehead atoms. The molecule has 1 aliphatic rings. The predicted octanol–water partition coefficient (Wildman–Crippen LogP) is 8.23. The highest BCUT2D eigenvalue weighted by Crippen LogP contribution is 2.45. The van der Waals surface area contributed by atoms with E-state index in [0.29, 0.717) is 18.2 Å². The number of hydrogen-bond acceptors (Lipinski definition) is 2. The molecule has 34 heavy (non-hydrogen) atoms. The second-order valence-electron chi connectivity index (χ2n) is 7.55. The van der Waals surface area contributed by atoms with Crippen LogP contribution in [0.3, 0.4) is 0 Å². The van der Waals surface area contributed by atoms with Crippen molar-refractivity contribution < 1.29 is 53.4 Å². The first-order valence-electron chi connectivity index (χ1n) is 9.90. The van der Waals surface area contributed by atoms with Gasteiger partial charge < -0.3 is 9.47 Å². The number of allylic oxidation sites excluding steroid dienone is 1. The first kappa shape index (κ1) is 25.7. The summed E-state index contributed by atoms with van der Waals surface area (Å²) in [6.07, 6.45) is -9.88. The van der Waals surface area contributed by atoms with Gasteiger partial charge in [0.1, 0.15) is 29.1 Å². The summed E-state index contributed by atoms with van der Waals surface area (Å²) in [7, 11) is 0. The van der Waals surface area contributed by atoms with E-state index in [2.05, 4.69) is 9.47 Å². The Labute approximate surface area is 186 Å². The lowest BCUT2D eigenvalue weighted by molar-refractivity contribution is -0.276. The van der Waals surface area contributed by atoms with E-state index in [1.807, 2.05) is 0 Å². The molecule has 0 N–H and O–H groups in total. The Morgan fingerprint density at radius 1 is 0.794 bits per heavy atom. The van der Waals surface area contributed by atoms with Crippen LogP contribution in [-0.2, 0) is 0 Å². The lowest BCUT2D eigenvalue weighted by Gasteiger charge is -2.31. The van der Waals surface area contributed by atoms with Crippen LogP contribution < -0.4 is 9.47 Å². The first-order valence-corrected chi connectivity index (χ1v) is 9.90. The molecule has 0 saturated heterocycles. The van der Waals surface area contributed by atoms with Gasteiger partial charge in [-0.25, -0.2) is 22.0 Å². The number of rotatable bonds is 6. The topological polar surface area (TPSA) is 18.5 Å². The van der Waals surface area contributed by atoms with E-state index >= 15 is 0 Å². The average molecular weight is 502 g/mol. The molecule has 2 aromatic rings. The molecular formula is C22H16F10O2. The van der Waals surface area contributed by atoms with E-state index in [0.717, 1.165) is 12.1 Å². The van der Waals surface area contributed by atoms with Crippen molar-refractivity contribution >= 4 is 0 Å². The van der Waals surface area contributed by atoms with Crippen LogP contribution in [0, 0.1) is 29.3 Å². The Morgan fingerprint density at radius 2 is 1.41 bits per heavy atom. The molecule has 0 radical (unpaired) electrons. The van der Waals surface area contributed by atoms with E-state index in [1.54, 1.807) is 6.92 Å². The van der Waals surface area contributed by atoms with Gasteiger partial charge in [-0.05, 0) is 49.1 Å². The van der Waals surface area contributed by atoms with Gasteiger partial charge in [-0.3, -0.25) is 0 Å². The van der Waals surface area contributed by atoms with Gasteiger partial charge in [0.15, 0.2) is 11.6 Å². The van der Waals surface area contributed by atoms with Crippen LogP contribution in [0.2, 0.25) is 0 Å². The summed E-state index contributed by atoms with van der Waals surface area (Å²) < 4.78 is 144. The number of alkyl halides is 5. The van der Waals surface area contributed by atoms with Crippen LogP contribution >= 0.6 is 0 Å². The molecule has 2 nitrogen and oxygen atoms in total. The summed E-state index contributed by atoms with van der Waals surface area (Å²) in [6.45, 7) is 1.57. The highest BCUT2D eigenvalue weighted by molar-refractivity contribution is 5.66. The monoisotopic (exact) mass is 502 g/mol. The minimum atomic E-state index is -5.38. The lowest BCUT2D eigenvalue weighted by Crippen LogP contribution is -2.37. The zero-order valence-corrected chi connectivity index (χ0v) is 17.3. The van der Waals surface area contributed by atoms with Crippen molar-refractivity contribution in [2.75, 3.05) is 0 Å². The van der Waals surface area contributed by atoms with Gasteiger partial charge in [-0.2, -0.15) is 8.78 Å². The third-order valence-corrected chi connectivity index (χ3v) is 5.32. The number of ether oxygens (including phenoxy) is 2. The second kappa shape index (κ2) is 9.38. The van der Waals surface area contributed by atoms with Crippen LogP contribution in [0.1, 0.15) is 26.2 Å². The van der Waals surface area contributed by atoms with Crippen LogP contribution in [0.15, 0.2) is 42.0 Å². The maximum absolute atomic E-state index is 14.5. The zero-order chi connectivity index (χ0) is 25.4. The number of halogens is 10. The maximum atomic E-state index is 14.5. The van der Waals surface area contributed by atoms with Crippen molar-refractivity contribution in [3.05, 3.63) is 59.4 Å². The van der Waals surface area contributed by atoms with Gasteiger partial charge in [-0.15, -0.1) is 13.2 Å². The van der Waals surface area contributed by atoms with Crippen molar-refractivity contribution in [3.8, 4) is 22.6 Å². The fourth-order valence-electron chi connectivity index (χ4n) is 3.63. The highest BCUT2D eigenvalue weighted by atomic mass is 19.4. The molecule has 1 aliphatic carbocycles. The van der Waals surface area contributed by atoms with E-state index in [-0.39, 0.29) is 12.8 Å². The molecule has 0 spiro atoms. The lowest BCUT2D eigenvalue weighted by atomic mass is 9.84. The minimum absolute atomic E-state index is 0.0438. The standard InChI is InChI=1S/C22H16F10O2/c1-2-10-3-6-14(19(27)18(10)26)21(28,29)33-12-4-5-13(15(23)9-12)11-7-16(24)20(17(25)8-11)34-22(30,31)32/h4-5,7-10,14H,2-3,6H2,1H3. The molecule has 2 aromatic carbocycles. The fraction of sp³-hybridized carbons (Fsp3) is 0.364. The molecule has 12 heteroatoms. The Morgan fingerprint density at radius 3 is 1.94 bits per heavy atom. The molecule has 0 fully saturated rings. The Kier molecular flexibility index (Phi) is 7.09. The highest BCUT2D eigenvalue weighted by Gasteiger charge is 2.49. The predicted molar refractivity (Wildman–Crippen MR) is 99.8 cm³/mol. The molecule has 3 rings (SSSR count). The summed E-state index contributed by atoms with van der Waals surface area (Å²) in [5, 5.41) is 0. The summed E-state index contributed by atoms with van der Waals surface area (Å²) >= 11 is 0. The summed E-state index contributed by atoms with van der Waals surface area (Å²) in [5.74, 6) is -13.4. The Balaban J connectivity index is 1.85. The fourth-order valence-corrected chi connectivity index (χ4v) is 3.63. The van der Waals surface area contributed by atoms with Gasteiger partial charge in [-0.1, -0.05) is 6.92 Å². The Hall–Kier alpha value is -2.92. The van der Waals surface area contributed by atoms with Crippen molar-refractivity contribution in [2.45, 2.75) is 38.7 Å². The van der Waals surface area contributed by atoms with Gasteiger partial charge in [0.25, 0.3) is 0 Å². The van der Waals surface area contributed by atoms with Gasteiger partial charge in [0.05, 0.1) is 0 Å². The average Bonchev–Trinajstić information content (AvgIpc) is 2.71. The molecule has 0 saturated carbocycles. The van der Waals surface area contributed by atoms with E-state index < -0.39 is 82.5 Å².